The van der Waals surface area contributed by atoms with Crippen LogP contribution in [0.5, 0.6) is 0 Å². The molecule has 0 saturated carbocycles. The van der Waals surface area contributed by atoms with E-state index in [2.05, 4.69) is 78.6 Å². The van der Waals surface area contributed by atoms with Gasteiger partial charge in [-0.3, -0.25) is 14.2 Å². The Morgan fingerprint density at radius 2 is 1.22 bits per heavy atom. The fourth-order valence-corrected chi connectivity index (χ4v) is 6.69. The molecule has 0 saturated heterocycles. The number of carbonyl (C=O) groups is 1. The van der Waals surface area contributed by atoms with Gasteiger partial charge < -0.3 is 5.11 Å². The van der Waals surface area contributed by atoms with Crippen molar-refractivity contribution in [3.8, 4) is 11.4 Å². The SMILES string of the molecule is CCc1cc(C(O)c2cc(C)nn2-c2ccc(F)cc2I)n(C)n1.CCc1cc(I)n(C)n1.Cc1cc(C=O)n(-c2ccc(F)cc2I)n1. The summed E-state index contributed by atoms with van der Waals surface area (Å²) in [4.78, 5) is 10.9. The number of hydrogen-bond acceptors (Lipinski definition) is 6. The van der Waals surface area contributed by atoms with E-state index in [1.54, 1.807) is 34.5 Å². The third kappa shape index (κ3) is 9.60. The van der Waals surface area contributed by atoms with E-state index < -0.39 is 6.10 Å². The largest absolute Gasteiger partial charge is 0.380 e. The number of aromatic nitrogens is 8. The first kappa shape index (κ1) is 38.8. The second-order valence-electron chi connectivity index (χ2n) is 10.9. The summed E-state index contributed by atoms with van der Waals surface area (Å²) < 4.78 is 35.7. The van der Waals surface area contributed by atoms with Crippen molar-refractivity contribution in [3.63, 3.8) is 0 Å². The van der Waals surface area contributed by atoms with E-state index >= 15 is 0 Å². The fraction of sp³-hybridized carbons (Fsp3) is 0.265. The highest BCUT2D eigenvalue weighted by atomic mass is 127. The minimum atomic E-state index is -0.871. The molecule has 0 spiro atoms. The van der Waals surface area contributed by atoms with Crippen molar-refractivity contribution in [3.05, 3.63) is 123 Å². The number of nitrogens with zero attached hydrogens (tertiary/aromatic N) is 8. The van der Waals surface area contributed by atoms with Gasteiger partial charge >= 0.3 is 0 Å². The highest BCUT2D eigenvalue weighted by Gasteiger charge is 2.22. The lowest BCUT2D eigenvalue weighted by Crippen LogP contribution is -2.12. The van der Waals surface area contributed by atoms with Gasteiger partial charge in [0.2, 0.25) is 0 Å². The first-order valence-corrected chi connectivity index (χ1v) is 18.4. The molecule has 0 aliphatic carbocycles. The Hall–Kier alpha value is -3.04. The van der Waals surface area contributed by atoms with E-state index in [0.717, 1.165) is 45.5 Å². The molecule has 0 amide bonds. The lowest BCUT2D eigenvalue weighted by Gasteiger charge is -2.14. The molecule has 258 valence electrons. The summed E-state index contributed by atoms with van der Waals surface area (Å²) >= 11 is 6.35. The number of benzene rings is 2. The molecule has 0 aliphatic heterocycles. The fourth-order valence-electron chi connectivity index (χ4n) is 4.81. The summed E-state index contributed by atoms with van der Waals surface area (Å²) in [6.07, 6.45) is 1.69. The molecule has 0 fully saturated rings. The maximum Gasteiger partial charge on any atom is 0.168 e. The van der Waals surface area contributed by atoms with Crippen LogP contribution < -0.4 is 0 Å². The molecule has 0 bridgehead atoms. The summed E-state index contributed by atoms with van der Waals surface area (Å²) in [6, 6.07) is 16.4. The Bertz CT molecular complexity index is 2050. The van der Waals surface area contributed by atoms with Gasteiger partial charge in [-0.2, -0.15) is 20.4 Å². The second-order valence-corrected chi connectivity index (χ2v) is 14.4. The Kier molecular flexibility index (Phi) is 13.6. The first-order chi connectivity index (χ1) is 23.3. The molecule has 1 N–H and O–H groups in total. The molecular weight excluding hydrogens is 971 g/mol. The van der Waals surface area contributed by atoms with Crippen molar-refractivity contribution in [1.29, 1.82) is 0 Å². The van der Waals surface area contributed by atoms with E-state index in [1.165, 1.54) is 38.3 Å². The number of hydrogen-bond donors (Lipinski definition) is 1. The third-order valence-corrected chi connectivity index (χ3v) is 9.98. The third-order valence-electron chi connectivity index (χ3n) is 7.24. The quantitative estimate of drug-likeness (QED) is 0.130. The standard InChI is InChI=1S/C17H18FIN4O.C11H8FIN2O.C6H9IN2/c1-4-12-9-15(22(3)21-12)17(24)16-7-10(2)20-23(16)14-6-5-11(18)8-13(14)19;1-7-4-9(6-16)15(14-7)11-3-2-8(12)5-10(11)13;1-3-5-4-6(7)9(2)8-5/h5-9,17,24H,4H2,1-3H3;2-6H,1H3;4H,3H2,1-2H3. The van der Waals surface area contributed by atoms with Gasteiger partial charge in [-0.1, -0.05) is 13.8 Å². The molecule has 2 aromatic carbocycles. The Morgan fingerprint density at radius 3 is 1.69 bits per heavy atom. The van der Waals surface area contributed by atoms with Gasteiger partial charge in [0.25, 0.3) is 0 Å². The zero-order valence-corrected chi connectivity index (χ0v) is 34.1. The average Bonchev–Trinajstić information content (AvgIpc) is 3.82. The maximum atomic E-state index is 13.4. The second kappa shape index (κ2) is 17.3. The van der Waals surface area contributed by atoms with E-state index in [1.807, 2.05) is 67.3 Å². The van der Waals surface area contributed by atoms with Crippen LogP contribution in [-0.2, 0) is 26.9 Å². The predicted octanol–water partition coefficient (Wildman–Crippen LogP) is 7.63. The molecule has 49 heavy (non-hydrogen) atoms. The van der Waals surface area contributed by atoms with Crippen LogP contribution in [0.25, 0.3) is 11.4 Å². The highest BCUT2D eigenvalue weighted by molar-refractivity contribution is 14.1. The summed E-state index contributed by atoms with van der Waals surface area (Å²) in [7, 11) is 3.77. The number of aldehydes is 1. The van der Waals surface area contributed by atoms with Crippen molar-refractivity contribution in [2.45, 2.75) is 46.6 Å². The van der Waals surface area contributed by atoms with Crippen LogP contribution in [0.3, 0.4) is 0 Å². The monoisotopic (exact) mass is 1010 g/mol. The van der Waals surface area contributed by atoms with Gasteiger partial charge in [-0.15, -0.1) is 0 Å². The maximum absolute atomic E-state index is 13.4. The van der Waals surface area contributed by atoms with Gasteiger partial charge in [-0.05, 0) is 155 Å². The van der Waals surface area contributed by atoms with Gasteiger partial charge in [0, 0.05) is 21.2 Å². The Labute approximate surface area is 324 Å². The molecule has 4 heterocycles. The normalized spacial score (nSPS) is 11.4. The summed E-state index contributed by atoms with van der Waals surface area (Å²) in [5, 5.41) is 28.2. The molecular formula is C34H35F2I3N8O2. The van der Waals surface area contributed by atoms with Crippen molar-refractivity contribution in [2.24, 2.45) is 14.1 Å². The molecule has 15 heteroatoms. The zero-order valence-electron chi connectivity index (χ0n) is 27.7. The number of aliphatic hydroxyl groups is 1. The van der Waals surface area contributed by atoms with Crippen molar-refractivity contribution in [2.75, 3.05) is 0 Å². The summed E-state index contributed by atoms with van der Waals surface area (Å²) in [5.74, 6) is -0.599. The van der Waals surface area contributed by atoms with E-state index in [4.69, 9.17) is 0 Å². The summed E-state index contributed by atoms with van der Waals surface area (Å²) in [5.41, 5.74) is 6.85. The summed E-state index contributed by atoms with van der Waals surface area (Å²) in [6.45, 7) is 7.80. The van der Waals surface area contributed by atoms with Crippen molar-refractivity contribution < 1.29 is 18.7 Å². The van der Waals surface area contributed by atoms with E-state index in [9.17, 15) is 18.7 Å². The smallest absolute Gasteiger partial charge is 0.168 e. The van der Waals surface area contributed by atoms with Crippen molar-refractivity contribution in [1.82, 2.24) is 39.1 Å². The lowest BCUT2D eigenvalue weighted by atomic mass is 10.1. The number of aliphatic hydroxyl groups excluding tert-OH is 1. The van der Waals surface area contributed by atoms with E-state index in [0.29, 0.717) is 26.3 Å². The van der Waals surface area contributed by atoms with Crippen LogP contribution >= 0.6 is 67.8 Å². The van der Waals surface area contributed by atoms with Crippen LogP contribution in [0.4, 0.5) is 8.78 Å². The van der Waals surface area contributed by atoms with Crippen LogP contribution in [-0.4, -0.2) is 50.5 Å². The van der Waals surface area contributed by atoms with Crippen LogP contribution in [0, 0.1) is 36.3 Å². The minimum Gasteiger partial charge on any atom is -0.380 e. The van der Waals surface area contributed by atoms with Crippen LogP contribution in [0.1, 0.15) is 64.6 Å². The van der Waals surface area contributed by atoms with Gasteiger partial charge in [-0.25, -0.2) is 18.1 Å². The van der Waals surface area contributed by atoms with Gasteiger partial charge in [0.15, 0.2) is 6.29 Å². The molecule has 6 aromatic rings. The molecule has 1 unspecified atom stereocenters. The Morgan fingerprint density at radius 1 is 0.714 bits per heavy atom. The molecule has 1 atom stereocenters. The number of rotatable bonds is 7. The predicted molar refractivity (Wildman–Crippen MR) is 209 cm³/mol. The minimum absolute atomic E-state index is 0.298. The topological polar surface area (TPSA) is 109 Å². The zero-order chi connectivity index (χ0) is 36.0. The number of halogens is 5. The van der Waals surface area contributed by atoms with Crippen LogP contribution in [0.15, 0.2) is 60.7 Å². The molecule has 6 rings (SSSR count). The first-order valence-electron chi connectivity index (χ1n) is 15.1. The lowest BCUT2D eigenvalue weighted by molar-refractivity contribution is 0.111. The average molecular weight is 1010 g/mol. The molecule has 0 aliphatic rings. The van der Waals surface area contributed by atoms with Crippen molar-refractivity contribution >= 4 is 74.1 Å². The molecule has 10 nitrogen and oxygen atoms in total. The molecule has 0 radical (unpaired) electrons. The number of aryl methyl sites for hydroxylation is 6. The Balaban J connectivity index is 0.000000185. The number of carbonyl (C=O) groups excluding carboxylic acids is 1. The van der Waals surface area contributed by atoms with Gasteiger partial charge in [0.1, 0.15) is 23.4 Å². The molecule has 4 aromatic heterocycles. The van der Waals surface area contributed by atoms with Gasteiger partial charge in [0.05, 0.1) is 49.2 Å². The van der Waals surface area contributed by atoms with E-state index in [-0.39, 0.29) is 11.6 Å². The highest BCUT2D eigenvalue weighted by Crippen LogP contribution is 2.28. The van der Waals surface area contributed by atoms with Crippen LogP contribution in [0.2, 0.25) is 0 Å².